The highest BCUT2D eigenvalue weighted by atomic mass is 32.2. The van der Waals surface area contributed by atoms with Crippen LogP contribution in [-0.2, 0) is 10.5 Å². The lowest BCUT2D eigenvalue weighted by Gasteiger charge is -2.22. The average molecular weight is 467 g/mol. The van der Waals surface area contributed by atoms with Gasteiger partial charge in [-0.2, -0.15) is 4.98 Å². The Labute approximate surface area is 196 Å². The van der Waals surface area contributed by atoms with E-state index in [-0.39, 0.29) is 11.8 Å². The van der Waals surface area contributed by atoms with E-state index in [0.717, 1.165) is 22.0 Å². The second kappa shape index (κ2) is 10.4. The first-order valence-electron chi connectivity index (χ1n) is 10.5. The third kappa shape index (κ3) is 5.14. The van der Waals surface area contributed by atoms with Crippen LogP contribution in [0.4, 0.5) is 0 Å². The quantitative estimate of drug-likeness (QED) is 0.363. The fraction of sp³-hybridized carbons (Fsp3) is 0.292. The van der Waals surface area contributed by atoms with Crippen LogP contribution in [0.15, 0.2) is 53.2 Å². The Morgan fingerprint density at radius 3 is 2.76 bits per heavy atom. The maximum Gasteiger partial charge on any atom is 0.230 e. The van der Waals surface area contributed by atoms with Gasteiger partial charge in [-0.3, -0.25) is 4.79 Å². The Hall–Kier alpha value is -3.46. The van der Waals surface area contributed by atoms with Gasteiger partial charge in [-0.05, 0) is 17.7 Å². The van der Waals surface area contributed by atoms with E-state index < -0.39 is 0 Å². The molecular formula is C24H26N4O4S. The first-order valence-corrected chi connectivity index (χ1v) is 11.7. The summed E-state index contributed by atoms with van der Waals surface area (Å²) in [6.45, 7) is 2.15. The molecule has 4 aromatic rings. The molecule has 1 amide bonds. The molecule has 0 radical (unpaired) electrons. The van der Waals surface area contributed by atoms with Crippen LogP contribution in [-0.4, -0.2) is 47.5 Å². The van der Waals surface area contributed by atoms with Crippen LogP contribution in [0, 0.1) is 6.92 Å². The first kappa shape index (κ1) is 22.7. The summed E-state index contributed by atoms with van der Waals surface area (Å²) >= 11 is 1.44. The number of hydrogen-bond acceptors (Lipinski definition) is 7. The van der Waals surface area contributed by atoms with Crippen molar-refractivity contribution in [3.05, 3.63) is 71.5 Å². The van der Waals surface area contributed by atoms with Crippen LogP contribution in [0.25, 0.3) is 10.9 Å². The number of para-hydroxylation sites is 2. The van der Waals surface area contributed by atoms with Crippen LogP contribution < -0.4 is 14.8 Å². The van der Waals surface area contributed by atoms with Gasteiger partial charge in [0.2, 0.25) is 11.8 Å². The molecule has 0 fully saturated rings. The zero-order chi connectivity index (χ0) is 23.2. The Morgan fingerprint density at radius 2 is 2.00 bits per heavy atom. The van der Waals surface area contributed by atoms with Crippen LogP contribution in [0.5, 0.6) is 11.5 Å². The third-order valence-electron chi connectivity index (χ3n) is 5.34. The van der Waals surface area contributed by atoms with E-state index in [1.165, 1.54) is 11.8 Å². The molecule has 8 nitrogen and oxygen atoms in total. The number of aromatic nitrogens is 3. The molecule has 0 bridgehead atoms. The summed E-state index contributed by atoms with van der Waals surface area (Å²) in [5.74, 6) is 3.02. The highest BCUT2D eigenvalue weighted by Gasteiger charge is 2.24. The van der Waals surface area contributed by atoms with E-state index in [0.29, 0.717) is 41.3 Å². The van der Waals surface area contributed by atoms with E-state index in [1.54, 1.807) is 21.1 Å². The van der Waals surface area contributed by atoms with Crippen LogP contribution >= 0.6 is 11.8 Å². The highest BCUT2D eigenvalue weighted by Crippen LogP contribution is 2.40. The minimum atomic E-state index is -0.139. The second-order valence-electron chi connectivity index (χ2n) is 7.45. The summed E-state index contributed by atoms with van der Waals surface area (Å²) in [7, 11) is 3.25. The Balaban J connectivity index is 1.54. The number of hydrogen-bond donors (Lipinski definition) is 2. The summed E-state index contributed by atoms with van der Waals surface area (Å²) in [6.07, 6.45) is 1.99. The molecule has 0 saturated carbocycles. The lowest BCUT2D eigenvalue weighted by atomic mass is 9.90. The van der Waals surface area contributed by atoms with Gasteiger partial charge in [0.05, 0.1) is 25.7 Å². The zero-order valence-electron chi connectivity index (χ0n) is 18.8. The first-order chi connectivity index (χ1) is 16.1. The van der Waals surface area contributed by atoms with Crippen LogP contribution in [0.3, 0.4) is 0 Å². The van der Waals surface area contributed by atoms with Crippen molar-refractivity contribution in [3.63, 3.8) is 0 Å². The number of thioether (sulfide) groups is 1. The van der Waals surface area contributed by atoms with E-state index in [1.807, 2.05) is 42.6 Å². The molecule has 2 aromatic carbocycles. The van der Waals surface area contributed by atoms with Gasteiger partial charge < -0.3 is 24.3 Å². The predicted octanol–water partition coefficient (Wildman–Crippen LogP) is 4.06. The van der Waals surface area contributed by atoms with Gasteiger partial charge in [0.15, 0.2) is 17.3 Å². The standard InChI is InChI=1S/C24H26N4O4S/c1-15-27-22(28-32-15)13-33-14-23(29)26-12-19(17-8-6-10-21(30-2)24(17)31-3)18-11-25-20-9-5-4-7-16(18)20/h4-11,19,25H,12-14H2,1-3H3,(H,26,29). The molecule has 2 aromatic heterocycles. The molecule has 33 heavy (non-hydrogen) atoms. The van der Waals surface area contributed by atoms with Gasteiger partial charge in [0.1, 0.15) is 0 Å². The van der Waals surface area contributed by atoms with Crippen molar-refractivity contribution in [1.29, 1.82) is 0 Å². The Morgan fingerprint density at radius 1 is 1.15 bits per heavy atom. The fourth-order valence-electron chi connectivity index (χ4n) is 3.86. The van der Waals surface area contributed by atoms with Crippen molar-refractivity contribution in [3.8, 4) is 11.5 Å². The second-order valence-corrected chi connectivity index (χ2v) is 8.44. The van der Waals surface area contributed by atoms with Gasteiger partial charge in [0.25, 0.3) is 0 Å². The topological polar surface area (TPSA) is 102 Å². The monoisotopic (exact) mass is 466 g/mol. The molecule has 1 atom stereocenters. The van der Waals surface area contributed by atoms with Crippen molar-refractivity contribution >= 4 is 28.6 Å². The van der Waals surface area contributed by atoms with Crippen molar-refractivity contribution in [2.75, 3.05) is 26.5 Å². The van der Waals surface area contributed by atoms with Gasteiger partial charge in [-0.1, -0.05) is 35.5 Å². The van der Waals surface area contributed by atoms with Gasteiger partial charge in [-0.25, -0.2) is 0 Å². The normalized spacial score (nSPS) is 12.0. The maximum atomic E-state index is 12.6. The summed E-state index contributed by atoms with van der Waals surface area (Å²) < 4.78 is 16.2. The molecule has 172 valence electrons. The molecular weight excluding hydrogens is 440 g/mol. The number of fused-ring (bicyclic) bond motifs is 1. The SMILES string of the molecule is COc1cccc(C(CNC(=O)CSCc2noc(C)n2)c2c[nH]c3ccccc23)c1OC. The maximum absolute atomic E-state index is 12.6. The lowest BCUT2D eigenvalue weighted by molar-refractivity contribution is -0.118. The van der Waals surface area contributed by atoms with Gasteiger partial charge in [-0.15, -0.1) is 11.8 Å². The van der Waals surface area contributed by atoms with Crippen molar-refractivity contribution in [1.82, 2.24) is 20.4 Å². The summed E-state index contributed by atoms with van der Waals surface area (Å²) in [5, 5.41) is 8.04. The highest BCUT2D eigenvalue weighted by molar-refractivity contribution is 7.99. The number of nitrogens with zero attached hydrogens (tertiary/aromatic N) is 2. The number of carbonyl (C=O) groups excluding carboxylic acids is 1. The van der Waals surface area contributed by atoms with E-state index in [2.05, 4.69) is 26.5 Å². The Bertz CT molecular complexity index is 1240. The number of aromatic amines is 1. The number of nitrogens with one attached hydrogen (secondary N) is 2. The smallest absolute Gasteiger partial charge is 0.230 e. The minimum Gasteiger partial charge on any atom is -0.493 e. The minimum absolute atomic E-state index is 0.0630. The van der Waals surface area contributed by atoms with Crippen molar-refractivity contribution in [2.45, 2.75) is 18.6 Å². The molecule has 4 rings (SSSR count). The molecule has 2 heterocycles. The number of amides is 1. The number of benzene rings is 2. The van der Waals surface area contributed by atoms with E-state index in [4.69, 9.17) is 14.0 Å². The molecule has 0 saturated heterocycles. The summed E-state index contributed by atoms with van der Waals surface area (Å²) in [4.78, 5) is 20.1. The molecule has 2 N–H and O–H groups in total. The molecule has 9 heteroatoms. The third-order valence-corrected chi connectivity index (χ3v) is 6.27. The Kier molecular flexibility index (Phi) is 7.19. The van der Waals surface area contributed by atoms with E-state index in [9.17, 15) is 4.79 Å². The van der Waals surface area contributed by atoms with Crippen molar-refractivity contribution < 1.29 is 18.8 Å². The molecule has 0 spiro atoms. The van der Waals surface area contributed by atoms with Crippen LogP contribution in [0.1, 0.15) is 28.8 Å². The number of aryl methyl sites for hydroxylation is 1. The largest absolute Gasteiger partial charge is 0.493 e. The van der Waals surface area contributed by atoms with Gasteiger partial charge >= 0.3 is 0 Å². The average Bonchev–Trinajstić information content (AvgIpc) is 3.45. The number of ether oxygens (including phenoxy) is 2. The van der Waals surface area contributed by atoms with E-state index >= 15 is 0 Å². The predicted molar refractivity (Wildman–Crippen MR) is 128 cm³/mol. The summed E-state index contributed by atoms with van der Waals surface area (Å²) in [5.41, 5.74) is 3.06. The molecule has 0 aliphatic heterocycles. The molecule has 0 aliphatic carbocycles. The van der Waals surface area contributed by atoms with Crippen LogP contribution in [0.2, 0.25) is 0 Å². The molecule has 1 unspecified atom stereocenters. The number of carbonyl (C=O) groups is 1. The fourth-order valence-corrected chi connectivity index (χ4v) is 4.55. The van der Waals surface area contributed by atoms with Crippen molar-refractivity contribution in [2.24, 2.45) is 0 Å². The number of methoxy groups -OCH3 is 2. The number of rotatable bonds is 10. The number of H-pyrrole nitrogens is 1. The summed E-state index contributed by atoms with van der Waals surface area (Å²) in [6, 6.07) is 13.9. The lowest BCUT2D eigenvalue weighted by Crippen LogP contribution is -2.30. The van der Waals surface area contributed by atoms with Gasteiger partial charge in [0, 0.05) is 42.0 Å². The molecule has 0 aliphatic rings. The zero-order valence-corrected chi connectivity index (χ0v) is 19.6.